The van der Waals surface area contributed by atoms with Crippen LogP contribution in [0, 0.1) is 0 Å². The predicted molar refractivity (Wildman–Crippen MR) is 62.4 cm³/mol. The number of nitrogens with two attached hydrogens (primary N) is 1. The zero-order chi connectivity index (χ0) is 11.8. The number of hydrogen-bond donors (Lipinski definition) is 2. The van der Waals surface area contributed by atoms with Gasteiger partial charge in [-0.2, -0.15) is 15.4 Å². The lowest BCUT2D eigenvalue weighted by Crippen LogP contribution is -2.31. The number of rotatable bonds is 1. The van der Waals surface area contributed by atoms with Crippen molar-refractivity contribution in [2.24, 2.45) is 5.73 Å². The van der Waals surface area contributed by atoms with E-state index in [1.165, 1.54) is 0 Å². The summed E-state index contributed by atoms with van der Waals surface area (Å²) < 4.78 is 0. The number of nitrogens with zero attached hydrogens (tertiary/aromatic N) is 3. The molecule has 1 aliphatic heterocycles. The van der Waals surface area contributed by atoms with Crippen molar-refractivity contribution in [1.29, 1.82) is 0 Å². The SMILES string of the molecule is N[C@@H]1CCN(C(=O)c2ccc3n[nH]nc3c2)C1. The summed E-state index contributed by atoms with van der Waals surface area (Å²) in [5.74, 6) is 0.0165. The van der Waals surface area contributed by atoms with E-state index in [-0.39, 0.29) is 11.9 Å². The summed E-state index contributed by atoms with van der Waals surface area (Å²) in [5, 5.41) is 10.5. The average Bonchev–Trinajstić information content (AvgIpc) is 2.95. The lowest BCUT2D eigenvalue weighted by molar-refractivity contribution is 0.0791. The Morgan fingerprint density at radius 2 is 2.24 bits per heavy atom. The van der Waals surface area contributed by atoms with Gasteiger partial charge in [0, 0.05) is 24.7 Å². The highest BCUT2D eigenvalue weighted by Gasteiger charge is 2.24. The molecule has 1 saturated heterocycles. The van der Waals surface area contributed by atoms with E-state index in [1.807, 2.05) is 0 Å². The largest absolute Gasteiger partial charge is 0.337 e. The summed E-state index contributed by atoms with van der Waals surface area (Å²) in [6.07, 6.45) is 0.873. The van der Waals surface area contributed by atoms with Crippen molar-refractivity contribution >= 4 is 16.9 Å². The topological polar surface area (TPSA) is 87.9 Å². The number of nitrogens with one attached hydrogen (secondary N) is 1. The van der Waals surface area contributed by atoms with E-state index in [9.17, 15) is 4.79 Å². The number of aromatic amines is 1. The second kappa shape index (κ2) is 3.81. The van der Waals surface area contributed by atoms with Gasteiger partial charge in [-0.15, -0.1) is 0 Å². The Balaban J connectivity index is 1.89. The molecule has 1 fully saturated rings. The van der Waals surface area contributed by atoms with Crippen LogP contribution < -0.4 is 5.73 Å². The Hall–Kier alpha value is -1.95. The van der Waals surface area contributed by atoms with Crippen LogP contribution in [-0.4, -0.2) is 45.3 Å². The molecule has 17 heavy (non-hydrogen) atoms. The molecule has 0 radical (unpaired) electrons. The van der Waals surface area contributed by atoms with Gasteiger partial charge in [0.1, 0.15) is 11.0 Å². The van der Waals surface area contributed by atoms with Gasteiger partial charge >= 0.3 is 0 Å². The maximum Gasteiger partial charge on any atom is 0.253 e. The van der Waals surface area contributed by atoms with Crippen LogP contribution >= 0.6 is 0 Å². The first-order chi connectivity index (χ1) is 8.24. The molecule has 2 aromatic rings. The van der Waals surface area contributed by atoms with Gasteiger partial charge in [-0.1, -0.05) is 0 Å². The highest BCUT2D eigenvalue weighted by molar-refractivity contribution is 5.97. The van der Waals surface area contributed by atoms with Crippen molar-refractivity contribution in [2.75, 3.05) is 13.1 Å². The summed E-state index contributed by atoms with van der Waals surface area (Å²) >= 11 is 0. The minimum Gasteiger partial charge on any atom is -0.337 e. The van der Waals surface area contributed by atoms with Gasteiger partial charge in [-0.3, -0.25) is 4.79 Å². The molecule has 1 amide bonds. The third-order valence-electron chi connectivity index (χ3n) is 3.08. The summed E-state index contributed by atoms with van der Waals surface area (Å²) in [5.41, 5.74) is 7.90. The fourth-order valence-electron chi connectivity index (χ4n) is 2.13. The Morgan fingerprint density at radius 1 is 1.41 bits per heavy atom. The molecule has 0 aliphatic carbocycles. The Kier molecular flexibility index (Phi) is 2.29. The molecule has 6 heteroatoms. The van der Waals surface area contributed by atoms with E-state index in [0.29, 0.717) is 17.6 Å². The first kappa shape index (κ1) is 10.2. The van der Waals surface area contributed by atoms with Crippen LogP contribution in [0.15, 0.2) is 18.2 Å². The van der Waals surface area contributed by atoms with E-state index in [1.54, 1.807) is 23.1 Å². The van der Waals surface area contributed by atoms with E-state index >= 15 is 0 Å². The highest BCUT2D eigenvalue weighted by atomic mass is 16.2. The third-order valence-corrected chi connectivity index (χ3v) is 3.08. The van der Waals surface area contributed by atoms with E-state index < -0.39 is 0 Å². The van der Waals surface area contributed by atoms with Gasteiger partial charge < -0.3 is 10.6 Å². The van der Waals surface area contributed by atoms with E-state index in [4.69, 9.17) is 5.73 Å². The van der Waals surface area contributed by atoms with Gasteiger partial charge in [-0.05, 0) is 24.6 Å². The molecule has 1 aromatic carbocycles. The van der Waals surface area contributed by atoms with Crippen LogP contribution in [0.25, 0.3) is 11.0 Å². The second-order valence-corrected chi connectivity index (χ2v) is 4.33. The fourth-order valence-corrected chi connectivity index (χ4v) is 2.13. The summed E-state index contributed by atoms with van der Waals surface area (Å²) in [7, 11) is 0. The number of likely N-dealkylation sites (tertiary alicyclic amines) is 1. The molecule has 3 rings (SSSR count). The molecule has 1 aromatic heterocycles. The van der Waals surface area contributed by atoms with E-state index in [2.05, 4.69) is 15.4 Å². The van der Waals surface area contributed by atoms with E-state index in [0.717, 1.165) is 18.5 Å². The van der Waals surface area contributed by atoms with Crippen molar-refractivity contribution in [2.45, 2.75) is 12.5 Å². The van der Waals surface area contributed by atoms with Gasteiger partial charge in [0.05, 0.1) is 0 Å². The van der Waals surface area contributed by atoms with Gasteiger partial charge in [0.15, 0.2) is 0 Å². The molecular formula is C11H13N5O. The summed E-state index contributed by atoms with van der Waals surface area (Å²) in [6.45, 7) is 1.37. The number of benzene rings is 1. The van der Waals surface area contributed by atoms with Gasteiger partial charge in [0.2, 0.25) is 0 Å². The predicted octanol–water partition coefficient (Wildman–Crippen LogP) is 0.131. The molecule has 1 atom stereocenters. The standard InChI is InChI=1S/C11H13N5O/c12-8-3-4-16(6-8)11(17)7-1-2-9-10(5-7)14-15-13-9/h1-2,5,8H,3-4,6,12H2,(H,13,14,15)/t8-/m1/s1. The molecule has 0 bridgehead atoms. The molecule has 3 N–H and O–H groups in total. The van der Waals surface area contributed by atoms with Crippen molar-refractivity contribution in [1.82, 2.24) is 20.3 Å². The van der Waals surface area contributed by atoms with Crippen LogP contribution in [0.1, 0.15) is 16.8 Å². The monoisotopic (exact) mass is 231 g/mol. The summed E-state index contributed by atoms with van der Waals surface area (Å²) in [4.78, 5) is 14.0. The molecule has 6 nitrogen and oxygen atoms in total. The number of hydrogen-bond acceptors (Lipinski definition) is 4. The first-order valence-electron chi connectivity index (χ1n) is 5.59. The molecule has 88 valence electrons. The van der Waals surface area contributed by atoms with Crippen LogP contribution in [-0.2, 0) is 0 Å². The lowest BCUT2D eigenvalue weighted by Gasteiger charge is -2.15. The normalized spacial score (nSPS) is 20.1. The van der Waals surface area contributed by atoms with Gasteiger partial charge in [0.25, 0.3) is 5.91 Å². The maximum absolute atomic E-state index is 12.2. The second-order valence-electron chi connectivity index (χ2n) is 4.33. The van der Waals surface area contributed by atoms with Crippen LogP contribution in [0.2, 0.25) is 0 Å². The number of aromatic nitrogens is 3. The molecule has 0 spiro atoms. The lowest BCUT2D eigenvalue weighted by atomic mass is 10.2. The number of carbonyl (C=O) groups excluding carboxylic acids is 1. The Bertz CT molecular complexity index is 564. The Labute approximate surface area is 97.8 Å². The molecule has 1 aliphatic rings. The smallest absolute Gasteiger partial charge is 0.253 e. The van der Waals surface area contributed by atoms with Crippen LogP contribution in [0.5, 0.6) is 0 Å². The summed E-state index contributed by atoms with van der Waals surface area (Å²) in [6, 6.07) is 5.43. The molecule has 0 saturated carbocycles. The molecule has 0 unspecified atom stereocenters. The van der Waals surface area contributed by atoms with Crippen molar-refractivity contribution in [3.05, 3.63) is 23.8 Å². The average molecular weight is 231 g/mol. The minimum absolute atomic E-state index is 0.0165. The number of fused-ring (bicyclic) bond motifs is 1. The quantitative estimate of drug-likeness (QED) is 0.730. The number of carbonyl (C=O) groups is 1. The van der Waals surface area contributed by atoms with Crippen LogP contribution in [0.3, 0.4) is 0 Å². The van der Waals surface area contributed by atoms with Gasteiger partial charge in [-0.25, -0.2) is 0 Å². The number of H-pyrrole nitrogens is 1. The fraction of sp³-hybridized carbons (Fsp3) is 0.364. The maximum atomic E-state index is 12.2. The van der Waals surface area contributed by atoms with Crippen molar-refractivity contribution in [3.8, 4) is 0 Å². The first-order valence-corrected chi connectivity index (χ1v) is 5.59. The molecular weight excluding hydrogens is 218 g/mol. The van der Waals surface area contributed by atoms with Crippen LogP contribution in [0.4, 0.5) is 0 Å². The van der Waals surface area contributed by atoms with Crippen molar-refractivity contribution in [3.63, 3.8) is 0 Å². The minimum atomic E-state index is 0.0165. The number of amides is 1. The molecule has 2 heterocycles. The third kappa shape index (κ3) is 1.76. The zero-order valence-electron chi connectivity index (χ0n) is 9.26. The zero-order valence-corrected chi connectivity index (χ0v) is 9.26. The Morgan fingerprint density at radius 3 is 3.00 bits per heavy atom. The van der Waals surface area contributed by atoms with Crippen molar-refractivity contribution < 1.29 is 4.79 Å². The highest BCUT2D eigenvalue weighted by Crippen LogP contribution is 2.15.